The average molecular weight is 350 g/mol. The highest BCUT2D eigenvalue weighted by atomic mass is 79.9. The van der Waals surface area contributed by atoms with E-state index in [0.717, 1.165) is 10.0 Å². The van der Waals surface area contributed by atoms with Crippen molar-refractivity contribution >= 4 is 15.9 Å². The van der Waals surface area contributed by atoms with Crippen molar-refractivity contribution in [3.63, 3.8) is 0 Å². The molecule has 1 unspecified atom stereocenters. The number of ether oxygens (including phenoxy) is 1. The van der Waals surface area contributed by atoms with Crippen LogP contribution in [0.4, 0.5) is 0 Å². The number of para-hydroxylation sites is 1. The maximum Gasteiger partial charge on any atom is 0.162 e. The largest absolute Gasteiger partial charge is 0.504 e. The second-order valence-electron chi connectivity index (χ2n) is 4.85. The summed E-state index contributed by atoms with van der Waals surface area (Å²) in [4.78, 5) is 0. The van der Waals surface area contributed by atoms with Gasteiger partial charge in [0, 0.05) is 22.6 Å². The van der Waals surface area contributed by atoms with E-state index in [-0.39, 0.29) is 11.8 Å². The molecular formula is C17H20BrNO2. The van der Waals surface area contributed by atoms with Gasteiger partial charge < -0.3 is 15.2 Å². The van der Waals surface area contributed by atoms with Crippen LogP contribution in [0.3, 0.4) is 0 Å². The molecule has 0 fully saturated rings. The smallest absolute Gasteiger partial charge is 0.162 e. The number of phenols is 1. The van der Waals surface area contributed by atoms with Crippen LogP contribution in [0.25, 0.3) is 0 Å². The maximum atomic E-state index is 10.2. The molecule has 0 aliphatic heterocycles. The number of phenolic OH excluding ortho intramolecular Hbond substituents is 1. The quantitative estimate of drug-likeness (QED) is 0.811. The van der Waals surface area contributed by atoms with Crippen molar-refractivity contribution in [2.75, 3.05) is 6.61 Å². The first-order valence-corrected chi connectivity index (χ1v) is 7.83. The van der Waals surface area contributed by atoms with Crippen LogP contribution in [0.1, 0.15) is 31.0 Å². The Bertz CT molecular complexity index is 601. The van der Waals surface area contributed by atoms with Gasteiger partial charge in [0.2, 0.25) is 0 Å². The van der Waals surface area contributed by atoms with Gasteiger partial charge in [-0.1, -0.05) is 40.2 Å². The van der Waals surface area contributed by atoms with E-state index >= 15 is 0 Å². The van der Waals surface area contributed by atoms with E-state index in [4.69, 9.17) is 4.74 Å². The number of rotatable bonds is 6. The zero-order chi connectivity index (χ0) is 15.2. The molecule has 2 aromatic rings. The highest BCUT2D eigenvalue weighted by molar-refractivity contribution is 9.10. The van der Waals surface area contributed by atoms with Crippen LogP contribution in [0.2, 0.25) is 0 Å². The maximum absolute atomic E-state index is 10.2. The Balaban J connectivity index is 2.04. The monoisotopic (exact) mass is 349 g/mol. The number of halogens is 1. The van der Waals surface area contributed by atoms with Crippen molar-refractivity contribution in [1.29, 1.82) is 0 Å². The summed E-state index contributed by atoms with van der Waals surface area (Å²) in [5.74, 6) is 0.750. The predicted octanol–water partition coefficient (Wildman–Crippen LogP) is 4.40. The SMILES string of the molecule is CCOc1cccc(CNC(C)c2cccc(Br)c2)c1O. The third kappa shape index (κ3) is 4.22. The lowest BCUT2D eigenvalue weighted by Crippen LogP contribution is -2.18. The molecule has 112 valence electrons. The molecule has 2 rings (SSSR count). The molecule has 4 heteroatoms. The van der Waals surface area contributed by atoms with Gasteiger partial charge in [0.25, 0.3) is 0 Å². The fraction of sp³-hybridized carbons (Fsp3) is 0.294. The first-order chi connectivity index (χ1) is 10.1. The molecule has 0 aromatic heterocycles. The lowest BCUT2D eigenvalue weighted by Gasteiger charge is -2.16. The van der Waals surface area contributed by atoms with E-state index in [1.165, 1.54) is 5.56 Å². The Morgan fingerprint density at radius 3 is 2.71 bits per heavy atom. The minimum atomic E-state index is 0.192. The zero-order valence-corrected chi connectivity index (χ0v) is 13.9. The van der Waals surface area contributed by atoms with Crippen LogP contribution in [-0.4, -0.2) is 11.7 Å². The van der Waals surface area contributed by atoms with Gasteiger partial charge in [0.05, 0.1) is 6.61 Å². The van der Waals surface area contributed by atoms with Crippen molar-refractivity contribution < 1.29 is 9.84 Å². The van der Waals surface area contributed by atoms with Crippen LogP contribution in [0.5, 0.6) is 11.5 Å². The fourth-order valence-corrected chi connectivity index (χ4v) is 2.56. The van der Waals surface area contributed by atoms with Crippen molar-refractivity contribution in [2.45, 2.75) is 26.4 Å². The molecular weight excluding hydrogens is 330 g/mol. The van der Waals surface area contributed by atoms with Gasteiger partial charge in [-0.2, -0.15) is 0 Å². The normalized spacial score (nSPS) is 12.1. The molecule has 0 heterocycles. The molecule has 0 saturated heterocycles. The molecule has 2 aromatic carbocycles. The molecule has 0 aliphatic rings. The Labute approximate surface area is 134 Å². The summed E-state index contributed by atoms with van der Waals surface area (Å²) >= 11 is 3.48. The summed E-state index contributed by atoms with van der Waals surface area (Å²) in [7, 11) is 0. The van der Waals surface area contributed by atoms with Crippen molar-refractivity contribution in [3.8, 4) is 11.5 Å². The topological polar surface area (TPSA) is 41.5 Å². The molecule has 0 spiro atoms. The zero-order valence-electron chi connectivity index (χ0n) is 12.3. The number of hydrogen-bond donors (Lipinski definition) is 2. The Morgan fingerprint density at radius 1 is 1.24 bits per heavy atom. The fourth-order valence-electron chi connectivity index (χ4n) is 2.14. The highest BCUT2D eigenvalue weighted by Crippen LogP contribution is 2.30. The van der Waals surface area contributed by atoms with Gasteiger partial charge >= 0.3 is 0 Å². The summed E-state index contributed by atoms with van der Waals surface area (Å²) in [6.45, 7) is 5.13. The number of hydrogen-bond acceptors (Lipinski definition) is 3. The summed E-state index contributed by atoms with van der Waals surface area (Å²) in [5.41, 5.74) is 2.03. The van der Waals surface area contributed by atoms with E-state index in [1.54, 1.807) is 6.07 Å². The molecule has 21 heavy (non-hydrogen) atoms. The van der Waals surface area contributed by atoms with E-state index in [0.29, 0.717) is 18.9 Å². The Kier molecular flexibility index (Phi) is 5.65. The third-order valence-electron chi connectivity index (χ3n) is 3.33. The first-order valence-electron chi connectivity index (χ1n) is 7.04. The Morgan fingerprint density at radius 2 is 2.00 bits per heavy atom. The van der Waals surface area contributed by atoms with Crippen molar-refractivity contribution in [1.82, 2.24) is 5.32 Å². The summed E-state index contributed by atoms with van der Waals surface area (Å²) in [6, 6.07) is 14.0. The second-order valence-corrected chi connectivity index (χ2v) is 5.77. The van der Waals surface area contributed by atoms with Gasteiger partial charge in [0.15, 0.2) is 11.5 Å². The van der Waals surface area contributed by atoms with E-state index in [9.17, 15) is 5.11 Å². The molecule has 0 radical (unpaired) electrons. The van der Waals surface area contributed by atoms with Crippen LogP contribution in [0, 0.1) is 0 Å². The van der Waals surface area contributed by atoms with Gasteiger partial charge in [-0.05, 0) is 37.6 Å². The standard InChI is InChI=1S/C17H20BrNO2/c1-3-21-16-9-5-7-14(17(16)20)11-19-12(2)13-6-4-8-15(18)10-13/h4-10,12,19-20H,3,11H2,1-2H3. The van der Waals surface area contributed by atoms with Crippen LogP contribution < -0.4 is 10.1 Å². The average Bonchev–Trinajstić information content (AvgIpc) is 2.48. The van der Waals surface area contributed by atoms with Gasteiger partial charge in [-0.15, -0.1) is 0 Å². The Hall–Kier alpha value is -1.52. The van der Waals surface area contributed by atoms with Gasteiger partial charge in [-0.25, -0.2) is 0 Å². The number of benzene rings is 2. The van der Waals surface area contributed by atoms with E-state index in [1.807, 2.05) is 31.2 Å². The van der Waals surface area contributed by atoms with Crippen LogP contribution >= 0.6 is 15.9 Å². The lowest BCUT2D eigenvalue weighted by atomic mass is 10.1. The molecule has 3 nitrogen and oxygen atoms in total. The van der Waals surface area contributed by atoms with Gasteiger partial charge in [-0.3, -0.25) is 0 Å². The first kappa shape index (κ1) is 15.9. The highest BCUT2D eigenvalue weighted by Gasteiger charge is 2.10. The molecule has 1 atom stereocenters. The lowest BCUT2D eigenvalue weighted by molar-refractivity contribution is 0.316. The summed E-state index contributed by atoms with van der Waals surface area (Å²) in [6.07, 6.45) is 0. The van der Waals surface area contributed by atoms with Crippen LogP contribution in [0.15, 0.2) is 46.9 Å². The van der Waals surface area contributed by atoms with Gasteiger partial charge in [0.1, 0.15) is 0 Å². The van der Waals surface area contributed by atoms with Crippen LogP contribution in [-0.2, 0) is 6.54 Å². The number of aromatic hydroxyl groups is 1. The predicted molar refractivity (Wildman–Crippen MR) is 88.7 cm³/mol. The minimum Gasteiger partial charge on any atom is -0.504 e. The number of nitrogens with one attached hydrogen (secondary N) is 1. The molecule has 0 bridgehead atoms. The van der Waals surface area contributed by atoms with Crippen molar-refractivity contribution in [2.24, 2.45) is 0 Å². The van der Waals surface area contributed by atoms with Crippen molar-refractivity contribution in [3.05, 3.63) is 58.1 Å². The molecule has 2 N–H and O–H groups in total. The summed E-state index contributed by atoms with van der Waals surface area (Å²) in [5, 5.41) is 13.6. The molecule has 0 saturated carbocycles. The third-order valence-corrected chi connectivity index (χ3v) is 3.82. The second kappa shape index (κ2) is 7.48. The minimum absolute atomic E-state index is 0.192. The van der Waals surface area contributed by atoms with E-state index in [2.05, 4.69) is 40.3 Å². The summed E-state index contributed by atoms with van der Waals surface area (Å²) < 4.78 is 6.47. The molecule has 0 amide bonds. The van der Waals surface area contributed by atoms with E-state index < -0.39 is 0 Å². The molecule has 0 aliphatic carbocycles.